The van der Waals surface area contributed by atoms with E-state index in [0.717, 1.165) is 22.2 Å². The summed E-state index contributed by atoms with van der Waals surface area (Å²) in [6.45, 7) is 2.04. The van der Waals surface area contributed by atoms with Crippen molar-refractivity contribution in [2.75, 3.05) is 0 Å². The summed E-state index contributed by atoms with van der Waals surface area (Å²) in [4.78, 5) is 0. The van der Waals surface area contributed by atoms with Crippen LogP contribution >= 0.6 is 0 Å². The topological polar surface area (TPSA) is 50.9 Å². The van der Waals surface area contributed by atoms with Gasteiger partial charge >= 0.3 is 0 Å². The summed E-state index contributed by atoms with van der Waals surface area (Å²) in [5.41, 5.74) is 4.74. The van der Waals surface area contributed by atoms with E-state index in [1.807, 2.05) is 90.5 Å². The van der Waals surface area contributed by atoms with Crippen molar-refractivity contribution < 1.29 is 5.11 Å². The Labute approximate surface area is 146 Å². The minimum atomic E-state index is -0.729. The molecule has 1 heterocycles. The van der Waals surface area contributed by atoms with E-state index in [9.17, 15) is 5.11 Å². The molecule has 2 atom stereocenters. The fourth-order valence-electron chi connectivity index (χ4n) is 3.15. The largest absolute Gasteiger partial charge is 0.386 e. The molecule has 4 nitrogen and oxygen atoms in total. The van der Waals surface area contributed by atoms with E-state index < -0.39 is 6.10 Å². The number of fused-ring (bicyclic) bond motifs is 1. The van der Waals surface area contributed by atoms with Gasteiger partial charge in [0.1, 0.15) is 17.7 Å². The van der Waals surface area contributed by atoms with Crippen molar-refractivity contribution in [3.63, 3.8) is 0 Å². The van der Waals surface area contributed by atoms with Crippen molar-refractivity contribution in [3.8, 4) is 0 Å². The van der Waals surface area contributed by atoms with E-state index in [0.29, 0.717) is 0 Å². The molecular formula is C21H19N3O. The van der Waals surface area contributed by atoms with Crippen LogP contribution in [-0.2, 0) is 0 Å². The third-order valence-corrected chi connectivity index (χ3v) is 4.50. The molecule has 0 saturated heterocycles. The van der Waals surface area contributed by atoms with Gasteiger partial charge in [0, 0.05) is 0 Å². The van der Waals surface area contributed by atoms with E-state index in [-0.39, 0.29) is 6.04 Å². The Morgan fingerprint density at radius 3 is 2.24 bits per heavy atom. The summed E-state index contributed by atoms with van der Waals surface area (Å²) >= 11 is 0. The van der Waals surface area contributed by atoms with Gasteiger partial charge in [-0.2, -0.15) is 0 Å². The molecule has 0 saturated carbocycles. The number of para-hydroxylation sites is 1. The zero-order valence-corrected chi connectivity index (χ0v) is 13.9. The molecule has 0 aliphatic rings. The Morgan fingerprint density at radius 2 is 1.48 bits per heavy atom. The maximum absolute atomic E-state index is 11.2. The van der Waals surface area contributed by atoms with Gasteiger partial charge in [-0.05, 0) is 30.2 Å². The Morgan fingerprint density at radius 1 is 0.800 bits per heavy atom. The van der Waals surface area contributed by atoms with Crippen LogP contribution in [0.4, 0.5) is 0 Å². The first-order valence-electron chi connectivity index (χ1n) is 8.33. The van der Waals surface area contributed by atoms with E-state index in [2.05, 4.69) is 10.3 Å². The van der Waals surface area contributed by atoms with E-state index in [1.54, 1.807) is 0 Å². The van der Waals surface area contributed by atoms with Gasteiger partial charge in [-0.15, -0.1) is 5.10 Å². The van der Waals surface area contributed by atoms with Crippen molar-refractivity contribution in [1.82, 2.24) is 15.0 Å². The number of aliphatic hydroxyl groups is 1. The molecule has 124 valence electrons. The van der Waals surface area contributed by atoms with Crippen LogP contribution in [0.5, 0.6) is 0 Å². The predicted octanol–water partition coefficient (Wildman–Crippen LogP) is 4.06. The predicted molar refractivity (Wildman–Crippen MR) is 98.2 cm³/mol. The molecule has 2 unspecified atom stereocenters. The molecule has 4 heteroatoms. The normalized spacial score (nSPS) is 13.7. The Bertz CT molecular complexity index is 977. The number of benzene rings is 3. The molecule has 0 fully saturated rings. The van der Waals surface area contributed by atoms with E-state index in [1.165, 1.54) is 5.56 Å². The summed E-state index contributed by atoms with van der Waals surface area (Å²) in [5, 5.41) is 19.8. The van der Waals surface area contributed by atoms with Gasteiger partial charge in [0.15, 0.2) is 0 Å². The minimum Gasteiger partial charge on any atom is -0.386 e. The lowest BCUT2D eigenvalue weighted by atomic mass is 9.95. The highest BCUT2D eigenvalue weighted by atomic mass is 16.3. The van der Waals surface area contributed by atoms with Crippen LogP contribution in [0, 0.1) is 6.92 Å². The Kier molecular flexibility index (Phi) is 4.04. The van der Waals surface area contributed by atoms with Gasteiger partial charge in [-0.1, -0.05) is 77.5 Å². The van der Waals surface area contributed by atoms with Gasteiger partial charge in [0.05, 0.1) is 5.52 Å². The van der Waals surface area contributed by atoms with Crippen molar-refractivity contribution in [2.24, 2.45) is 0 Å². The van der Waals surface area contributed by atoms with Crippen LogP contribution < -0.4 is 0 Å². The fraction of sp³-hybridized carbons (Fsp3) is 0.143. The van der Waals surface area contributed by atoms with Gasteiger partial charge in [0.2, 0.25) is 0 Å². The average molecular weight is 329 g/mol. The first-order chi connectivity index (χ1) is 12.2. The van der Waals surface area contributed by atoms with Crippen LogP contribution in [0.1, 0.15) is 28.8 Å². The van der Waals surface area contributed by atoms with Crippen LogP contribution in [-0.4, -0.2) is 20.1 Å². The summed E-state index contributed by atoms with van der Waals surface area (Å²) in [7, 11) is 0. The van der Waals surface area contributed by atoms with Gasteiger partial charge < -0.3 is 5.11 Å². The Hall–Kier alpha value is -2.98. The lowest BCUT2D eigenvalue weighted by molar-refractivity contribution is 0.126. The van der Waals surface area contributed by atoms with Crippen molar-refractivity contribution in [2.45, 2.75) is 19.1 Å². The SMILES string of the molecule is Cc1ccc(C(O)C(c2ccccc2)n2nnc3ccccc32)cc1. The van der Waals surface area contributed by atoms with Crippen molar-refractivity contribution in [1.29, 1.82) is 0 Å². The first-order valence-corrected chi connectivity index (χ1v) is 8.33. The van der Waals surface area contributed by atoms with Crippen LogP contribution in [0.2, 0.25) is 0 Å². The smallest absolute Gasteiger partial charge is 0.113 e. The number of aryl methyl sites for hydroxylation is 1. The van der Waals surface area contributed by atoms with E-state index in [4.69, 9.17) is 0 Å². The van der Waals surface area contributed by atoms with Gasteiger partial charge in [-0.3, -0.25) is 0 Å². The molecule has 1 N–H and O–H groups in total. The maximum atomic E-state index is 11.2. The molecule has 4 aromatic rings. The molecule has 25 heavy (non-hydrogen) atoms. The average Bonchev–Trinajstić information content (AvgIpc) is 3.07. The third kappa shape index (κ3) is 2.92. The number of nitrogens with zero attached hydrogens (tertiary/aromatic N) is 3. The lowest BCUT2D eigenvalue weighted by Gasteiger charge is -2.24. The van der Waals surface area contributed by atoms with Gasteiger partial charge in [-0.25, -0.2) is 4.68 Å². The first kappa shape index (κ1) is 15.5. The molecule has 0 bridgehead atoms. The molecule has 0 amide bonds. The highest BCUT2D eigenvalue weighted by molar-refractivity contribution is 5.74. The maximum Gasteiger partial charge on any atom is 0.113 e. The van der Waals surface area contributed by atoms with Crippen LogP contribution in [0.25, 0.3) is 11.0 Å². The summed E-state index contributed by atoms with van der Waals surface area (Å²) in [6.07, 6.45) is -0.729. The number of aromatic nitrogens is 3. The van der Waals surface area contributed by atoms with E-state index >= 15 is 0 Å². The molecule has 1 aromatic heterocycles. The van der Waals surface area contributed by atoms with Gasteiger partial charge in [0.25, 0.3) is 0 Å². The zero-order valence-electron chi connectivity index (χ0n) is 13.9. The quantitative estimate of drug-likeness (QED) is 0.614. The summed E-state index contributed by atoms with van der Waals surface area (Å²) < 4.78 is 1.81. The number of hydrogen-bond acceptors (Lipinski definition) is 3. The second-order valence-electron chi connectivity index (χ2n) is 6.23. The van der Waals surface area contributed by atoms with Crippen LogP contribution in [0.15, 0.2) is 78.9 Å². The standard InChI is InChI=1S/C21H19N3O/c1-15-11-13-17(14-12-15)21(25)20(16-7-3-2-4-8-16)24-19-10-6-5-9-18(19)22-23-24/h2-14,20-21,25H,1H3. The monoisotopic (exact) mass is 329 g/mol. The molecule has 0 radical (unpaired) electrons. The third-order valence-electron chi connectivity index (χ3n) is 4.50. The van der Waals surface area contributed by atoms with Crippen molar-refractivity contribution in [3.05, 3.63) is 95.6 Å². The summed E-state index contributed by atoms with van der Waals surface area (Å²) in [6, 6.07) is 25.4. The van der Waals surface area contributed by atoms with Crippen molar-refractivity contribution >= 4 is 11.0 Å². The second kappa shape index (κ2) is 6.49. The highest BCUT2D eigenvalue weighted by Gasteiger charge is 2.27. The van der Waals surface area contributed by atoms with Crippen LogP contribution in [0.3, 0.4) is 0 Å². The fourth-order valence-corrected chi connectivity index (χ4v) is 3.15. The minimum absolute atomic E-state index is 0.351. The molecule has 0 aliphatic heterocycles. The molecule has 3 aromatic carbocycles. The molecule has 0 aliphatic carbocycles. The lowest BCUT2D eigenvalue weighted by Crippen LogP contribution is -2.20. The number of hydrogen-bond donors (Lipinski definition) is 1. The molecule has 4 rings (SSSR count). The number of aliphatic hydroxyl groups excluding tert-OH is 1. The highest BCUT2D eigenvalue weighted by Crippen LogP contribution is 2.33. The number of rotatable bonds is 4. The second-order valence-corrected chi connectivity index (χ2v) is 6.23. The molecule has 0 spiro atoms. The summed E-state index contributed by atoms with van der Waals surface area (Å²) in [5.74, 6) is 0. The molecular weight excluding hydrogens is 310 g/mol. The zero-order chi connectivity index (χ0) is 17.2. The Balaban J connectivity index is 1.86.